The number of piperidine rings is 1. The van der Waals surface area contributed by atoms with Gasteiger partial charge in [0.2, 0.25) is 0 Å². The standard InChI is InChI=1S/C16H22N6/c1-11-8-16(19-10-18-11)22-6-4-13(5-7-22)14-9-15(17-3)21-12(2)20-14/h8-10,13H,4-7H2,1-3H3,(H,17,20,21). The third kappa shape index (κ3) is 3.16. The maximum absolute atomic E-state index is 4.62. The fourth-order valence-corrected chi connectivity index (χ4v) is 2.95. The average Bonchev–Trinajstić information content (AvgIpc) is 2.54. The molecule has 0 radical (unpaired) electrons. The van der Waals surface area contributed by atoms with Crippen LogP contribution in [-0.4, -0.2) is 40.1 Å². The van der Waals surface area contributed by atoms with Crippen molar-refractivity contribution < 1.29 is 0 Å². The summed E-state index contributed by atoms with van der Waals surface area (Å²) in [6, 6.07) is 4.12. The van der Waals surface area contributed by atoms with E-state index >= 15 is 0 Å². The molecular weight excluding hydrogens is 276 g/mol. The van der Waals surface area contributed by atoms with E-state index in [0.29, 0.717) is 5.92 Å². The van der Waals surface area contributed by atoms with Gasteiger partial charge in [-0.2, -0.15) is 0 Å². The summed E-state index contributed by atoms with van der Waals surface area (Å²) in [6.07, 6.45) is 3.81. The van der Waals surface area contributed by atoms with Crippen LogP contribution in [-0.2, 0) is 0 Å². The van der Waals surface area contributed by atoms with Gasteiger partial charge in [0.25, 0.3) is 0 Å². The molecule has 0 unspecified atom stereocenters. The van der Waals surface area contributed by atoms with Crippen LogP contribution in [0.3, 0.4) is 0 Å². The number of aryl methyl sites for hydroxylation is 2. The molecule has 22 heavy (non-hydrogen) atoms. The molecule has 1 saturated heterocycles. The van der Waals surface area contributed by atoms with Crippen LogP contribution in [0.5, 0.6) is 0 Å². The summed E-state index contributed by atoms with van der Waals surface area (Å²) in [5.74, 6) is 3.25. The quantitative estimate of drug-likeness (QED) is 0.938. The Hall–Kier alpha value is -2.24. The van der Waals surface area contributed by atoms with Gasteiger partial charge in [-0.1, -0.05) is 0 Å². The minimum Gasteiger partial charge on any atom is -0.373 e. The van der Waals surface area contributed by atoms with Crippen molar-refractivity contribution in [3.05, 3.63) is 35.7 Å². The fraction of sp³-hybridized carbons (Fsp3) is 0.500. The van der Waals surface area contributed by atoms with Crippen molar-refractivity contribution in [1.29, 1.82) is 0 Å². The maximum atomic E-state index is 4.62. The topological polar surface area (TPSA) is 66.8 Å². The number of aromatic nitrogens is 4. The molecule has 0 aliphatic carbocycles. The number of hydrogen-bond acceptors (Lipinski definition) is 6. The first-order chi connectivity index (χ1) is 10.7. The SMILES string of the molecule is CNc1cc(C2CCN(c3cc(C)ncn3)CC2)nc(C)n1. The van der Waals surface area contributed by atoms with Gasteiger partial charge in [0.05, 0.1) is 0 Å². The first-order valence-electron chi connectivity index (χ1n) is 7.72. The van der Waals surface area contributed by atoms with E-state index in [1.807, 2.05) is 27.0 Å². The molecule has 1 fully saturated rings. The van der Waals surface area contributed by atoms with Crippen molar-refractivity contribution >= 4 is 11.6 Å². The van der Waals surface area contributed by atoms with E-state index in [4.69, 9.17) is 0 Å². The highest BCUT2D eigenvalue weighted by molar-refractivity contribution is 5.40. The molecule has 1 N–H and O–H groups in total. The van der Waals surface area contributed by atoms with Crippen molar-refractivity contribution in [2.75, 3.05) is 30.4 Å². The molecule has 2 aromatic rings. The lowest BCUT2D eigenvalue weighted by atomic mass is 9.93. The van der Waals surface area contributed by atoms with Crippen LogP contribution >= 0.6 is 0 Å². The lowest BCUT2D eigenvalue weighted by Gasteiger charge is -2.32. The van der Waals surface area contributed by atoms with Gasteiger partial charge in [-0.3, -0.25) is 0 Å². The maximum Gasteiger partial charge on any atom is 0.132 e. The Labute approximate surface area is 131 Å². The lowest BCUT2D eigenvalue weighted by molar-refractivity contribution is 0.492. The zero-order chi connectivity index (χ0) is 15.5. The van der Waals surface area contributed by atoms with E-state index in [1.54, 1.807) is 6.33 Å². The Morgan fingerprint density at radius 3 is 2.55 bits per heavy atom. The van der Waals surface area contributed by atoms with E-state index in [1.165, 1.54) is 0 Å². The summed E-state index contributed by atoms with van der Waals surface area (Å²) in [7, 11) is 1.89. The first-order valence-corrected chi connectivity index (χ1v) is 7.72. The number of nitrogens with one attached hydrogen (secondary N) is 1. The van der Waals surface area contributed by atoms with Gasteiger partial charge in [-0.15, -0.1) is 0 Å². The van der Waals surface area contributed by atoms with Gasteiger partial charge in [-0.25, -0.2) is 19.9 Å². The van der Waals surface area contributed by atoms with Gasteiger partial charge in [0.15, 0.2) is 0 Å². The van der Waals surface area contributed by atoms with Gasteiger partial charge < -0.3 is 10.2 Å². The monoisotopic (exact) mass is 298 g/mol. The fourth-order valence-electron chi connectivity index (χ4n) is 2.95. The van der Waals surface area contributed by atoms with Gasteiger partial charge in [-0.05, 0) is 26.7 Å². The summed E-state index contributed by atoms with van der Waals surface area (Å²) in [4.78, 5) is 19.9. The van der Waals surface area contributed by atoms with Crippen molar-refractivity contribution in [1.82, 2.24) is 19.9 Å². The molecule has 3 rings (SSSR count). The molecule has 116 valence electrons. The van der Waals surface area contributed by atoms with Gasteiger partial charge in [0.1, 0.15) is 23.8 Å². The summed E-state index contributed by atoms with van der Waals surface area (Å²) < 4.78 is 0. The zero-order valence-electron chi connectivity index (χ0n) is 13.4. The Morgan fingerprint density at radius 1 is 1.09 bits per heavy atom. The van der Waals surface area contributed by atoms with E-state index in [-0.39, 0.29) is 0 Å². The molecule has 0 aromatic carbocycles. The molecule has 2 aromatic heterocycles. The van der Waals surface area contributed by atoms with Gasteiger partial charge >= 0.3 is 0 Å². The van der Waals surface area contributed by atoms with Crippen LogP contribution in [0.1, 0.15) is 36.0 Å². The number of anilines is 2. The number of hydrogen-bond donors (Lipinski definition) is 1. The summed E-state index contributed by atoms with van der Waals surface area (Å²) in [5.41, 5.74) is 2.16. The van der Waals surface area contributed by atoms with Gasteiger partial charge in [0, 0.05) is 49.6 Å². The molecule has 0 spiro atoms. The van der Waals surface area contributed by atoms with Crippen LogP contribution in [0.2, 0.25) is 0 Å². The predicted octanol–water partition coefficient (Wildman–Crippen LogP) is 2.31. The zero-order valence-corrected chi connectivity index (χ0v) is 13.4. The first kappa shape index (κ1) is 14.7. The molecule has 0 atom stereocenters. The van der Waals surface area contributed by atoms with E-state index < -0.39 is 0 Å². The summed E-state index contributed by atoms with van der Waals surface area (Å²) in [6.45, 7) is 5.95. The third-order valence-electron chi connectivity index (χ3n) is 4.14. The molecular formula is C16H22N6. The Kier molecular flexibility index (Phi) is 4.18. The summed E-state index contributed by atoms with van der Waals surface area (Å²) >= 11 is 0. The Bertz CT molecular complexity index is 649. The highest BCUT2D eigenvalue weighted by Crippen LogP contribution is 2.29. The van der Waals surface area contributed by atoms with E-state index in [0.717, 1.165) is 54.8 Å². The highest BCUT2D eigenvalue weighted by Gasteiger charge is 2.23. The molecule has 0 amide bonds. The smallest absolute Gasteiger partial charge is 0.132 e. The predicted molar refractivity (Wildman–Crippen MR) is 87.3 cm³/mol. The molecule has 0 saturated carbocycles. The molecule has 6 heteroatoms. The lowest BCUT2D eigenvalue weighted by Crippen LogP contribution is -2.33. The van der Waals surface area contributed by atoms with Crippen molar-refractivity contribution in [3.8, 4) is 0 Å². The van der Waals surface area contributed by atoms with Crippen LogP contribution in [0, 0.1) is 13.8 Å². The second-order valence-electron chi connectivity index (χ2n) is 5.75. The molecule has 6 nitrogen and oxygen atoms in total. The number of nitrogens with zero attached hydrogens (tertiary/aromatic N) is 5. The molecule has 1 aliphatic rings. The largest absolute Gasteiger partial charge is 0.373 e. The average molecular weight is 298 g/mol. The molecule has 3 heterocycles. The minimum absolute atomic E-state index is 0.494. The van der Waals surface area contributed by atoms with Crippen LogP contribution in [0.4, 0.5) is 11.6 Å². The number of rotatable bonds is 3. The van der Waals surface area contributed by atoms with E-state index in [9.17, 15) is 0 Å². The van der Waals surface area contributed by atoms with Crippen LogP contribution in [0.25, 0.3) is 0 Å². The molecule has 1 aliphatic heterocycles. The Morgan fingerprint density at radius 2 is 1.86 bits per heavy atom. The van der Waals surface area contributed by atoms with E-state index in [2.05, 4.69) is 36.2 Å². The van der Waals surface area contributed by atoms with Crippen molar-refractivity contribution in [3.63, 3.8) is 0 Å². The second kappa shape index (κ2) is 6.25. The Balaban J connectivity index is 1.70. The normalized spacial score (nSPS) is 15.9. The van der Waals surface area contributed by atoms with Crippen LogP contribution in [0.15, 0.2) is 18.5 Å². The second-order valence-corrected chi connectivity index (χ2v) is 5.75. The summed E-state index contributed by atoms with van der Waals surface area (Å²) in [5, 5.41) is 3.11. The van der Waals surface area contributed by atoms with Crippen molar-refractivity contribution in [2.45, 2.75) is 32.6 Å². The van der Waals surface area contributed by atoms with Crippen molar-refractivity contribution in [2.24, 2.45) is 0 Å². The van der Waals surface area contributed by atoms with Crippen LogP contribution < -0.4 is 10.2 Å². The third-order valence-corrected chi connectivity index (χ3v) is 4.14. The minimum atomic E-state index is 0.494. The highest BCUT2D eigenvalue weighted by atomic mass is 15.2. The molecule has 0 bridgehead atoms.